The van der Waals surface area contributed by atoms with Crippen molar-refractivity contribution in [1.82, 2.24) is 10.9 Å². The molecule has 0 unspecified atom stereocenters. The number of carbonyl (C=O) groups excluding carboxylic acids is 2. The van der Waals surface area contributed by atoms with Gasteiger partial charge in [-0.25, -0.2) is 10.9 Å². The molecule has 0 fully saturated rings. The number of benzene rings is 4. The summed E-state index contributed by atoms with van der Waals surface area (Å²) in [6, 6.07) is 28.3. The molecule has 0 heterocycles. The van der Waals surface area contributed by atoms with Crippen molar-refractivity contribution < 1.29 is 28.5 Å². The second kappa shape index (κ2) is 15.2. The fourth-order valence-electron chi connectivity index (χ4n) is 3.71. The maximum atomic E-state index is 12.1. The Morgan fingerprint density at radius 1 is 0.595 bits per heavy atom. The van der Waals surface area contributed by atoms with Gasteiger partial charge in [-0.1, -0.05) is 36.4 Å². The fourth-order valence-corrected chi connectivity index (χ4v) is 3.71. The molecule has 0 aromatic heterocycles. The van der Waals surface area contributed by atoms with Gasteiger partial charge in [0, 0.05) is 11.1 Å². The van der Waals surface area contributed by atoms with Crippen LogP contribution >= 0.6 is 0 Å². The van der Waals surface area contributed by atoms with Crippen molar-refractivity contribution in [2.45, 2.75) is 0 Å². The summed E-state index contributed by atoms with van der Waals surface area (Å²) in [4.78, 5) is 24.2. The molecule has 4 rings (SSSR count). The summed E-state index contributed by atoms with van der Waals surface area (Å²) < 4.78 is 22.6. The van der Waals surface area contributed by atoms with E-state index in [1.165, 1.54) is 12.4 Å². The number of carbonyl (C=O) groups is 2. The van der Waals surface area contributed by atoms with E-state index in [4.69, 9.17) is 18.9 Å². The predicted octanol–water partition coefficient (Wildman–Crippen LogP) is 4.69. The van der Waals surface area contributed by atoms with E-state index in [0.29, 0.717) is 34.1 Å². The van der Waals surface area contributed by atoms with Crippen molar-refractivity contribution in [3.63, 3.8) is 0 Å². The Labute approximate surface area is 243 Å². The number of rotatable bonds is 13. The lowest BCUT2D eigenvalue weighted by molar-refractivity contribution is 0.0947. The van der Waals surface area contributed by atoms with Gasteiger partial charge in [-0.15, -0.1) is 0 Å². The minimum atomic E-state index is -0.300. The van der Waals surface area contributed by atoms with Gasteiger partial charge in [0.1, 0.15) is 13.2 Å². The molecule has 2 amide bonds. The van der Waals surface area contributed by atoms with Crippen LogP contribution in [0, 0.1) is 0 Å². The summed E-state index contributed by atoms with van der Waals surface area (Å²) in [6.45, 7) is 0.490. The average Bonchev–Trinajstić information content (AvgIpc) is 3.04. The van der Waals surface area contributed by atoms with Gasteiger partial charge >= 0.3 is 0 Å². The lowest BCUT2D eigenvalue weighted by Gasteiger charge is -2.13. The molecule has 214 valence electrons. The molecule has 0 aliphatic carbocycles. The van der Waals surface area contributed by atoms with Crippen LogP contribution < -0.4 is 29.8 Å². The smallest absolute Gasteiger partial charge is 0.271 e. The largest absolute Gasteiger partial charge is 0.493 e. The highest BCUT2D eigenvalue weighted by Crippen LogP contribution is 2.29. The first kappa shape index (κ1) is 29.3. The maximum absolute atomic E-state index is 12.1. The van der Waals surface area contributed by atoms with Crippen molar-refractivity contribution in [2.24, 2.45) is 10.2 Å². The Morgan fingerprint density at radius 2 is 1.00 bits per heavy atom. The van der Waals surface area contributed by atoms with Crippen LogP contribution in [0.5, 0.6) is 23.0 Å². The molecular formula is C32H30N4O6. The monoisotopic (exact) mass is 566 g/mol. The van der Waals surface area contributed by atoms with Crippen molar-refractivity contribution >= 4 is 24.2 Å². The van der Waals surface area contributed by atoms with Crippen LogP contribution in [-0.2, 0) is 0 Å². The molecule has 0 atom stereocenters. The molecule has 42 heavy (non-hydrogen) atoms. The highest BCUT2D eigenvalue weighted by Gasteiger charge is 2.09. The van der Waals surface area contributed by atoms with Crippen LogP contribution in [0.3, 0.4) is 0 Å². The van der Waals surface area contributed by atoms with E-state index in [-0.39, 0.29) is 25.0 Å². The molecule has 2 N–H and O–H groups in total. The minimum absolute atomic E-state index is 0.245. The second-order valence-corrected chi connectivity index (χ2v) is 8.65. The number of nitrogens with zero attached hydrogens (tertiary/aromatic N) is 2. The molecule has 0 saturated carbocycles. The molecule has 0 spiro atoms. The molecule has 0 bridgehead atoms. The summed E-state index contributed by atoms with van der Waals surface area (Å²) in [5, 5.41) is 8.02. The van der Waals surface area contributed by atoms with E-state index in [1.54, 1.807) is 99.1 Å². The third-order valence-corrected chi connectivity index (χ3v) is 5.81. The zero-order valence-electron chi connectivity index (χ0n) is 23.2. The van der Waals surface area contributed by atoms with Crippen molar-refractivity contribution in [2.75, 3.05) is 27.4 Å². The molecular weight excluding hydrogens is 536 g/mol. The zero-order chi connectivity index (χ0) is 29.6. The maximum Gasteiger partial charge on any atom is 0.271 e. The van der Waals surface area contributed by atoms with Gasteiger partial charge in [-0.05, 0) is 71.8 Å². The quantitative estimate of drug-likeness (QED) is 0.138. The van der Waals surface area contributed by atoms with Gasteiger partial charge in [0.25, 0.3) is 11.8 Å². The predicted molar refractivity (Wildman–Crippen MR) is 160 cm³/mol. The second-order valence-electron chi connectivity index (χ2n) is 8.65. The number of nitrogens with one attached hydrogen (secondary N) is 2. The lowest BCUT2D eigenvalue weighted by atomic mass is 10.2. The average molecular weight is 567 g/mol. The molecule has 10 heteroatoms. The van der Waals surface area contributed by atoms with Gasteiger partial charge in [0.2, 0.25) is 0 Å². The van der Waals surface area contributed by atoms with E-state index < -0.39 is 0 Å². The molecule has 0 aliphatic rings. The van der Waals surface area contributed by atoms with Crippen molar-refractivity contribution in [3.8, 4) is 23.0 Å². The first-order valence-electron chi connectivity index (χ1n) is 13.0. The van der Waals surface area contributed by atoms with Gasteiger partial charge in [0.15, 0.2) is 23.0 Å². The molecule has 0 aliphatic heterocycles. The van der Waals surface area contributed by atoms with Crippen LogP contribution in [0.25, 0.3) is 0 Å². The summed E-state index contributed by atoms with van der Waals surface area (Å²) >= 11 is 0. The normalized spacial score (nSPS) is 10.8. The SMILES string of the molecule is COc1cc(C=NNC(=O)c2ccccc2)ccc1OCCOc1ccc(C=NNC(=O)c2ccccc2)cc1OC. The molecule has 4 aromatic rings. The van der Waals surface area contributed by atoms with Crippen LogP contribution in [-0.4, -0.2) is 51.7 Å². The number of hydrogen-bond acceptors (Lipinski definition) is 8. The topological polar surface area (TPSA) is 120 Å². The molecule has 4 aromatic carbocycles. The van der Waals surface area contributed by atoms with E-state index in [0.717, 1.165) is 11.1 Å². The third-order valence-electron chi connectivity index (χ3n) is 5.81. The van der Waals surface area contributed by atoms with E-state index >= 15 is 0 Å². The Kier molecular flexibility index (Phi) is 10.6. The summed E-state index contributed by atoms with van der Waals surface area (Å²) in [5.74, 6) is 1.48. The van der Waals surface area contributed by atoms with Crippen molar-refractivity contribution in [1.29, 1.82) is 0 Å². The van der Waals surface area contributed by atoms with E-state index in [2.05, 4.69) is 21.1 Å². The van der Waals surface area contributed by atoms with Crippen molar-refractivity contribution in [3.05, 3.63) is 119 Å². The summed E-state index contributed by atoms with van der Waals surface area (Å²) in [6.07, 6.45) is 3.04. The third kappa shape index (κ3) is 8.43. The Hall–Kier alpha value is -5.64. The van der Waals surface area contributed by atoms with Crippen LogP contribution in [0.2, 0.25) is 0 Å². The Balaban J connectivity index is 1.26. The van der Waals surface area contributed by atoms with Crippen LogP contribution in [0.15, 0.2) is 107 Å². The molecule has 0 saturated heterocycles. The summed E-state index contributed by atoms with van der Waals surface area (Å²) in [5.41, 5.74) is 7.47. The van der Waals surface area contributed by atoms with Crippen LogP contribution in [0.1, 0.15) is 31.8 Å². The highest BCUT2D eigenvalue weighted by molar-refractivity contribution is 5.95. The molecule has 10 nitrogen and oxygen atoms in total. The first-order chi connectivity index (χ1) is 20.6. The number of methoxy groups -OCH3 is 2. The van der Waals surface area contributed by atoms with Gasteiger partial charge < -0.3 is 18.9 Å². The number of amides is 2. The van der Waals surface area contributed by atoms with Gasteiger partial charge in [0.05, 0.1) is 26.6 Å². The highest BCUT2D eigenvalue weighted by atomic mass is 16.5. The first-order valence-corrected chi connectivity index (χ1v) is 13.0. The Bertz CT molecular complexity index is 1420. The Morgan fingerprint density at radius 3 is 1.38 bits per heavy atom. The van der Waals surface area contributed by atoms with Gasteiger partial charge in [-0.2, -0.15) is 10.2 Å². The van der Waals surface area contributed by atoms with Crippen LogP contribution in [0.4, 0.5) is 0 Å². The van der Waals surface area contributed by atoms with Gasteiger partial charge in [-0.3, -0.25) is 9.59 Å². The lowest BCUT2D eigenvalue weighted by Crippen LogP contribution is -2.17. The minimum Gasteiger partial charge on any atom is -0.493 e. The van der Waals surface area contributed by atoms with E-state index in [1.807, 2.05) is 12.1 Å². The summed E-state index contributed by atoms with van der Waals surface area (Å²) in [7, 11) is 3.08. The number of hydrogen-bond donors (Lipinski definition) is 2. The standard InChI is InChI=1S/C32H30N4O6/c1-39-29-19-23(21-33-35-31(37)25-9-5-3-6-10-25)13-15-27(29)41-17-18-42-28-16-14-24(20-30(28)40-2)22-34-36-32(38)26-11-7-4-8-12-26/h3-16,19-22H,17-18H2,1-2H3,(H,35,37)(H,36,38). The number of hydrazone groups is 2. The molecule has 0 radical (unpaired) electrons. The fraction of sp³-hybridized carbons (Fsp3) is 0.125. The van der Waals surface area contributed by atoms with E-state index in [9.17, 15) is 9.59 Å². The number of ether oxygens (including phenoxy) is 4. The zero-order valence-corrected chi connectivity index (χ0v) is 23.2.